The zero-order valence-electron chi connectivity index (χ0n) is 10.1. The Morgan fingerprint density at radius 1 is 1.15 bits per heavy atom. The summed E-state index contributed by atoms with van der Waals surface area (Å²) in [6.07, 6.45) is -4.15. The summed E-state index contributed by atoms with van der Waals surface area (Å²) < 4.78 is 44.1. The lowest BCUT2D eigenvalue weighted by atomic mass is 10.1. The average Bonchev–Trinajstić information content (AvgIpc) is 2.45. The van der Waals surface area contributed by atoms with Gasteiger partial charge in [-0.25, -0.2) is 0 Å². The largest absolute Gasteiger partial charge is 0.476 e. The van der Waals surface area contributed by atoms with Crippen LogP contribution < -0.4 is 4.74 Å². The summed E-state index contributed by atoms with van der Waals surface area (Å²) >= 11 is 0. The van der Waals surface area contributed by atoms with Crippen molar-refractivity contribution in [3.8, 4) is 11.8 Å². The third-order valence-electron chi connectivity index (χ3n) is 2.52. The molecule has 0 saturated carbocycles. The molecule has 3 nitrogen and oxygen atoms in total. The fourth-order valence-electron chi connectivity index (χ4n) is 1.60. The normalized spacial score (nSPS) is 12.5. The molecule has 102 valence electrons. The van der Waals surface area contributed by atoms with Gasteiger partial charge in [0.2, 0.25) is 6.10 Å². The van der Waals surface area contributed by atoms with E-state index < -0.39 is 12.3 Å². The first-order chi connectivity index (χ1) is 9.50. The van der Waals surface area contributed by atoms with E-state index in [9.17, 15) is 13.2 Å². The van der Waals surface area contributed by atoms with E-state index in [0.29, 0.717) is 5.56 Å². The summed E-state index contributed by atoms with van der Waals surface area (Å²) in [6.45, 7) is 0. The van der Waals surface area contributed by atoms with Gasteiger partial charge in [0.1, 0.15) is 5.75 Å². The molecule has 1 heterocycles. The molecular weight excluding hydrogens is 269 g/mol. The third kappa shape index (κ3) is 3.26. The Bertz CT molecular complexity index is 603. The number of ether oxygens (including phenoxy) is 1. The Morgan fingerprint density at radius 3 is 2.35 bits per heavy atom. The van der Waals surface area contributed by atoms with Gasteiger partial charge >= 0.3 is 6.18 Å². The molecule has 0 aliphatic carbocycles. The smallest absolute Gasteiger partial charge is 0.429 e. The van der Waals surface area contributed by atoms with Gasteiger partial charge in [0, 0.05) is 18.0 Å². The molecule has 2 aromatic rings. The number of pyridine rings is 1. The molecule has 1 unspecified atom stereocenters. The minimum Gasteiger partial charge on any atom is -0.476 e. The third-order valence-corrected chi connectivity index (χ3v) is 2.52. The molecule has 0 fully saturated rings. The molecule has 0 amide bonds. The quantitative estimate of drug-likeness (QED) is 0.861. The minimum absolute atomic E-state index is 0.0372. The van der Waals surface area contributed by atoms with Gasteiger partial charge in [-0.3, -0.25) is 4.98 Å². The first-order valence-corrected chi connectivity index (χ1v) is 5.64. The standard InChI is InChI=1S/C14H9F3N2O/c15-14(16,17)13(11-2-1-7-19-9-11)20-12-5-3-10(8-18)4-6-12/h1-7,9,13H. The van der Waals surface area contributed by atoms with Crippen molar-refractivity contribution in [1.29, 1.82) is 5.26 Å². The van der Waals surface area contributed by atoms with Crippen molar-refractivity contribution >= 4 is 0 Å². The summed E-state index contributed by atoms with van der Waals surface area (Å²) in [5.74, 6) is 0.0372. The van der Waals surface area contributed by atoms with Crippen LogP contribution in [0.4, 0.5) is 13.2 Å². The topological polar surface area (TPSA) is 45.9 Å². The van der Waals surface area contributed by atoms with Gasteiger partial charge in [-0.05, 0) is 30.3 Å². The Hall–Kier alpha value is -2.55. The number of hydrogen-bond acceptors (Lipinski definition) is 3. The Kier molecular flexibility index (Phi) is 3.89. The van der Waals surface area contributed by atoms with Crippen molar-refractivity contribution in [1.82, 2.24) is 4.98 Å². The second-order valence-electron chi connectivity index (χ2n) is 3.96. The zero-order chi connectivity index (χ0) is 14.6. The first kappa shape index (κ1) is 13.9. The summed E-state index contributed by atoms with van der Waals surface area (Å²) in [4.78, 5) is 3.67. The molecule has 1 atom stereocenters. The highest BCUT2D eigenvalue weighted by molar-refractivity contribution is 5.35. The average molecular weight is 278 g/mol. The van der Waals surface area contributed by atoms with Crippen LogP contribution >= 0.6 is 0 Å². The van der Waals surface area contributed by atoms with Crippen LogP contribution in [0.5, 0.6) is 5.75 Å². The van der Waals surface area contributed by atoms with Crippen LogP contribution in [0.1, 0.15) is 17.2 Å². The molecule has 0 N–H and O–H groups in total. The maximum absolute atomic E-state index is 13.0. The fraction of sp³-hybridized carbons (Fsp3) is 0.143. The van der Waals surface area contributed by atoms with E-state index in [1.54, 1.807) is 0 Å². The molecule has 0 bridgehead atoms. The maximum Gasteiger partial charge on any atom is 0.429 e. The zero-order valence-corrected chi connectivity index (χ0v) is 10.1. The first-order valence-electron chi connectivity index (χ1n) is 5.64. The number of nitriles is 1. The highest BCUT2D eigenvalue weighted by atomic mass is 19.4. The van der Waals surface area contributed by atoms with Crippen LogP contribution in [0.15, 0.2) is 48.8 Å². The molecule has 0 aliphatic rings. The number of aromatic nitrogens is 1. The predicted octanol–water partition coefficient (Wildman–Crippen LogP) is 3.64. The minimum atomic E-state index is -4.56. The molecular formula is C14H9F3N2O. The lowest BCUT2D eigenvalue weighted by Gasteiger charge is -2.21. The molecule has 1 aromatic carbocycles. The highest BCUT2D eigenvalue weighted by Gasteiger charge is 2.43. The number of benzene rings is 1. The van der Waals surface area contributed by atoms with Crippen LogP contribution in [0.2, 0.25) is 0 Å². The van der Waals surface area contributed by atoms with E-state index in [-0.39, 0.29) is 11.3 Å². The van der Waals surface area contributed by atoms with Crippen molar-refractivity contribution in [2.45, 2.75) is 12.3 Å². The molecule has 0 saturated heterocycles. The lowest BCUT2D eigenvalue weighted by Crippen LogP contribution is -2.26. The Morgan fingerprint density at radius 2 is 1.85 bits per heavy atom. The fourth-order valence-corrected chi connectivity index (χ4v) is 1.60. The SMILES string of the molecule is N#Cc1ccc(OC(c2cccnc2)C(F)(F)F)cc1. The van der Waals surface area contributed by atoms with E-state index in [0.717, 1.165) is 6.20 Å². The van der Waals surface area contributed by atoms with E-state index in [2.05, 4.69) is 4.98 Å². The number of rotatable bonds is 3. The highest BCUT2D eigenvalue weighted by Crippen LogP contribution is 2.36. The Balaban J connectivity index is 2.27. The second-order valence-corrected chi connectivity index (χ2v) is 3.96. The predicted molar refractivity (Wildman–Crippen MR) is 64.8 cm³/mol. The lowest BCUT2D eigenvalue weighted by molar-refractivity contribution is -0.198. The summed E-state index contributed by atoms with van der Waals surface area (Å²) in [5, 5.41) is 8.64. The van der Waals surface area contributed by atoms with Gasteiger partial charge < -0.3 is 4.74 Å². The van der Waals surface area contributed by atoms with Gasteiger partial charge in [-0.15, -0.1) is 0 Å². The number of halogens is 3. The van der Waals surface area contributed by atoms with Crippen LogP contribution in [0.25, 0.3) is 0 Å². The summed E-state index contributed by atoms with van der Waals surface area (Å²) in [7, 11) is 0. The van der Waals surface area contributed by atoms with Crippen molar-refractivity contribution in [2.75, 3.05) is 0 Å². The number of hydrogen-bond donors (Lipinski definition) is 0. The van der Waals surface area contributed by atoms with Gasteiger partial charge in [0.25, 0.3) is 0 Å². The van der Waals surface area contributed by atoms with Gasteiger partial charge in [0.05, 0.1) is 11.6 Å². The van der Waals surface area contributed by atoms with Crippen LogP contribution in [-0.2, 0) is 0 Å². The van der Waals surface area contributed by atoms with Crippen molar-refractivity contribution in [2.24, 2.45) is 0 Å². The summed E-state index contributed by atoms with van der Waals surface area (Å²) in [6, 6.07) is 10.0. The number of nitrogens with zero attached hydrogens (tertiary/aromatic N) is 2. The van der Waals surface area contributed by atoms with Crippen molar-refractivity contribution < 1.29 is 17.9 Å². The molecule has 20 heavy (non-hydrogen) atoms. The number of alkyl halides is 3. The molecule has 0 spiro atoms. The molecule has 2 rings (SSSR count). The molecule has 1 aromatic heterocycles. The monoisotopic (exact) mass is 278 g/mol. The van der Waals surface area contributed by atoms with Crippen LogP contribution in [0.3, 0.4) is 0 Å². The van der Waals surface area contributed by atoms with Crippen LogP contribution in [-0.4, -0.2) is 11.2 Å². The van der Waals surface area contributed by atoms with Gasteiger partial charge in [0.15, 0.2) is 0 Å². The van der Waals surface area contributed by atoms with Gasteiger partial charge in [-0.1, -0.05) is 6.07 Å². The molecule has 0 aliphatic heterocycles. The maximum atomic E-state index is 13.0. The van der Waals surface area contributed by atoms with E-state index in [1.807, 2.05) is 6.07 Å². The summed E-state index contributed by atoms with van der Waals surface area (Å²) in [5.41, 5.74) is 0.270. The van der Waals surface area contributed by atoms with Crippen LogP contribution in [0, 0.1) is 11.3 Å². The van der Waals surface area contributed by atoms with Crippen molar-refractivity contribution in [3.05, 3.63) is 59.9 Å². The van der Waals surface area contributed by atoms with Crippen molar-refractivity contribution in [3.63, 3.8) is 0 Å². The molecule has 0 radical (unpaired) electrons. The van der Waals surface area contributed by atoms with E-state index >= 15 is 0 Å². The Labute approximate surface area is 113 Å². The van der Waals surface area contributed by atoms with E-state index in [1.165, 1.54) is 42.6 Å². The second kappa shape index (κ2) is 5.61. The van der Waals surface area contributed by atoms with E-state index in [4.69, 9.17) is 10.00 Å². The van der Waals surface area contributed by atoms with Gasteiger partial charge in [-0.2, -0.15) is 18.4 Å². The molecule has 6 heteroatoms.